The third-order valence-electron chi connectivity index (χ3n) is 5.08. The Morgan fingerprint density at radius 2 is 1.90 bits per heavy atom. The van der Waals surface area contributed by atoms with Gasteiger partial charge in [0.1, 0.15) is 0 Å². The predicted octanol–water partition coefficient (Wildman–Crippen LogP) is 5.02. The molecule has 1 amide bonds. The summed E-state index contributed by atoms with van der Waals surface area (Å²) in [4.78, 5) is 17.1. The highest BCUT2D eigenvalue weighted by molar-refractivity contribution is 6.39. The van der Waals surface area contributed by atoms with Crippen molar-refractivity contribution in [2.24, 2.45) is 0 Å². The number of amides is 1. The number of hydrogen-bond acceptors (Lipinski definition) is 4. The molecule has 6 nitrogen and oxygen atoms in total. The molecule has 1 fully saturated rings. The van der Waals surface area contributed by atoms with Crippen molar-refractivity contribution in [1.82, 2.24) is 14.8 Å². The number of ether oxygens (including phenoxy) is 1. The summed E-state index contributed by atoms with van der Waals surface area (Å²) >= 11 is 6.52. The van der Waals surface area contributed by atoms with E-state index in [-0.39, 0.29) is 22.3 Å². The number of fused-ring (bicyclic) bond motifs is 1. The zero-order valence-electron chi connectivity index (χ0n) is 16.0. The van der Waals surface area contributed by atoms with E-state index in [9.17, 15) is 18.0 Å². The van der Waals surface area contributed by atoms with Gasteiger partial charge in [0.2, 0.25) is 0 Å². The summed E-state index contributed by atoms with van der Waals surface area (Å²) < 4.78 is 45.3. The highest BCUT2D eigenvalue weighted by atomic mass is 35.5. The molecule has 3 aromatic rings. The monoisotopic (exact) mass is 438 g/mol. The molecular formula is C20H18ClF3N4O2. The number of alkyl halides is 3. The molecule has 1 aliphatic heterocycles. The van der Waals surface area contributed by atoms with E-state index in [0.29, 0.717) is 29.9 Å². The first-order valence-electron chi connectivity index (χ1n) is 9.35. The van der Waals surface area contributed by atoms with Crippen LogP contribution in [0.25, 0.3) is 11.0 Å². The van der Waals surface area contributed by atoms with Gasteiger partial charge in [-0.1, -0.05) is 11.6 Å². The van der Waals surface area contributed by atoms with Gasteiger partial charge in [0.15, 0.2) is 5.65 Å². The summed E-state index contributed by atoms with van der Waals surface area (Å²) in [5.74, 6) is -0.563. The zero-order valence-corrected chi connectivity index (χ0v) is 16.7. The van der Waals surface area contributed by atoms with Crippen LogP contribution in [0.2, 0.25) is 5.02 Å². The van der Waals surface area contributed by atoms with Crippen molar-refractivity contribution >= 4 is 34.2 Å². The molecule has 0 bridgehead atoms. The summed E-state index contributed by atoms with van der Waals surface area (Å²) in [6.07, 6.45) is -1.46. The molecule has 1 N–H and O–H groups in total. The van der Waals surface area contributed by atoms with E-state index in [2.05, 4.69) is 15.4 Å². The van der Waals surface area contributed by atoms with Crippen LogP contribution in [0.5, 0.6) is 0 Å². The van der Waals surface area contributed by atoms with Crippen LogP contribution in [0.4, 0.5) is 18.9 Å². The second kappa shape index (κ2) is 7.88. The lowest BCUT2D eigenvalue weighted by Crippen LogP contribution is -2.21. The smallest absolute Gasteiger partial charge is 0.381 e. The molecule has 4 rings (SSSR count). The Morgan fingerprint density at radius 1 is 1.23 bits per heavy atom. The molecule has 0 aliphatic carbocycles. The normalized spacial score (nSPS) is 15.5. The summed E-state index contributed by atoms with van der Waals surface area (Å²) in [5, 5.41) is 7.92. The molecule has 0 saturated carbocycles. The molecule has 2 aromatic heterocycles. The number of nitrogens with zero attached hydrogens (tertiary/aromatic N) is 3. The van der Waals surface area contributed by atoms with Crippen molar-refractivity contribution in [2.75, 3.05) is 18.5 Å². The van der Waals surface area contributed by atoms with Gasteiger partial charge in [-0.15, -0.1) is 0 Å². The first kappa shape index (κ1) is 20.6. The Balaban J connectivity index is 1.62. The molecule has 158 valence electrons. The standard InChI is InChI=1S/C20H18ClF3N4O2/c1-11-16-17(21)15(10-25-18(16)28(27-11)14-6-8-30-9-7-14)19(29)26-13-4-2-12(3-5-13)20(22,23)24/h2-5,10,14H,6-9H2,1H3,(H,26,29). The van der Waals surface area contributed by atoms with E-state index in [1.54, 1.807) is 6.92 Å². The highest BCUT2D eigenvalue weighted by Gasteiger charge is 2.30. The molecule has 10 heteroatoms. The van der Waals surface area contributed by atoms with Crippen molar-refractivity contribution in [3.63, 3.8) is 0 Å². The summed E-state index contributed by atoms with van der Waals surface area (Å²) in [6, 6.07) is 4.33. The van der Waals surface area contributed by atoms with Crippen LogP contribution < -0.4 is 5.32 Å². The van der Waals surface area contributed by atoms with Crippen molar-refractivity contribution < 1.29 is 22.7 Å². The fourth-order valence-electron chi connectivity index (χ4n) is 3.52. The van der Waals surface area contributed by atoms with E-state index in [0.717, 1.165) is 25.0 Å². The zero-order chi connectivity index (χ0) is 21.5. The van der Waals surface area contributed by atoms with E-state index >= 15 is 0 Å². The molecule has 0 unspecified atom stereocenters. The minimum absolute atomic E-state index is 0.124. The summed E-state index contributed by atoms with van der Waals surface area (Å²) in [5.41, 5.74) is 0.795. The molecule has 0 spiro atoms. The third-order valence-corrected chi connectivity index (χ3v) is 5.48. The number of aromatic nitrogens is 3. The quantitative estimate of drug-likeness (QED) is 0.623. The molecule has 1 aliphatic rings. The van der Waals surface area contributed by atoms with Gasteiger partial charge in [-0.3, -0.25) is 4.79 Å². The molecule has 30 heavy (non-hydrogen) atoms. The Labute approximate surface area is 175 Å². The van der Waals surface area contributed by atoms with Crippen LogP contribution in [0.15, 0.2) is 30.5 Å². The Hall–Kier alpha value is -2.65. The highest BCUT2D eigenvalue weighted by Crippen LogP contribution is 2.33. The summed E-state index contributed by atoms with van der Waals surface area (Å²) in [7, 11) is 0. The molecular weight excluding hydrogens is 421 g/mol. The van der Waals surface area contributed by atoms with Gasteiger partial charge in [-0.25, -0.2) is 9.67 Å². The lowest BCUT2D eigenvalue weighted by Gasteiger charge is -2.22. The minimum atomic E-state index is -4.44. The maximum Gasteiger partial charge on any atom is 0.416 e. The topological polar surface area (TPSA) is 69.0 Å². The van der Waals surface area contributed by atoms with Crippen LogP contribution in [0.3, 0.4) is 0 Å². The van der Waals surface area contributed by atoms with E-state index < -0.39 is 17.6 Å². The molecule has 0 radical (unpaired) electrons. The average Bonchev–Trinajstić information content (AvgIpc) is 3.06. The van der Waals surface area contributed by atoms with Crippen molar-refractivity contribution in [1.29, 1.82) is 0 Å². The SMILES string of the molecule is Cc1nn(C2CCOCC2)c2ncc(C(=O)Nc3ccc(C(F)(F)F)cc3)c(Cl)c12. The van der Waals surface area contributed by atoms with E-state index in [1.807, 2.05) is 4.68 Å². The van der Waals surface area contributed by atoms with Crippen molar-refractivity contribution in [3.05, 3.63) is 52.3 Å². The van der Waals surface area contributed by atoms with Crippen LogP contribution in [0, 0.1) is 6.92 Å². The van der Waals surface area contributed by atoms with Crippen LogP contribution >= 0.6 is 11.6 Å². The summed E-state index contributed by atoms with van der Waals surface area (Å²) in [6.45, 7) is 3.09. The maximum absolute atomic E-state index is 12.7. The number of aryl methyl sites for hydroxylation is 1. The van der Waals surface area contributed by atoms with E-state index in [4.69, 9.17) is 16.3 Å². The predicted molar refractivity (Wildman–Crippen MR) is 106 cm³/mol. The minimum Gasteiger partial charge on any atom is -0.381 e. The van der Waals surface area contributed by atoms with E-state index in [1.165, 1.54) is 18.3 Å². The number of carbonyl (C=O) groups excluding carboxylic acids is 1. The average molecular weight is 439 g/mol. The first-order valence-corrected chi connectivity index (χ1v) is 9.73. The lowest BCUT2D eigenvalue weighted by atomic mass is 10.1. The maximum atomic E-state index is 12.7. The Kier molecular flexibility index (Phi) is 5.42. The number of rotatable bonds is 3. The van der Waals surface area contributed by atoms with Gasteiger partial charge in [0.25, 0.3) is 5.91 Å². The van der Waals surface area contributed by atoms with Crippen LogP contribution in [0.1, 0.15) is 40.5 Å². The van der Waals surface area contributed by atoms with Gasteiger partial charge in [0, 0.05) is 25.1 Å². The number of anilines is 1. The van der Waals surface area contributed by atoms with Crippen molar-refractivity contribution in [3.8, 4) is 0 Å². The number of carbonyl (C=O) groups is 1. The number of hydrogen-bond donors (Lipinski definition) is 1. The van der Waals surface area contributed by atoms with Gasteiger partial charge in [-0.2, -0.15) is 18.3 Å². The molecule has 3 heterocycles. The van der Waals surface area contributed by atoms with Gasteiger partial charge >= 0.3 is 6.18 Å². The fourth-order valence-corrected chi connectivity index (χ4v) is 3.87. The van der Waals surface area contributed by atoms with Crippen molar-refractivity contribution in [2.45, 2.75) is 32.0 Å². The molecule has 0 atom stereocenters. The molecule has 1 aromatic carbocycles. The van der Waals surface area contributed by atoms with Crippen LogP contribution in [-0.2, 0) is 10.9 Å². The van der Waals surface area contributed by atoms with Gasteiger partial charge in [0.05, 0.1) is 33.3 Å². The second-order valence-electron chi connectivity index (χ2n) is 7.09. The van der Waals surface area contributed by atoms with Crippen LogP contribution in [-0.4, -0.2) is 33.9 Å². The second-order valence-corrected chi connectivity index (χ2v) is 7.47. The number of benzene rings is 1. The number of halogens is 4. The largest absolute Gasteiger partial charge is 0.416 e. The number of nitrogens with one attached hydrogen (secondary N) is 1. The molecule has 1 saturated heterocycles. The van der Waals surface area contributed by atoms with Gasteiger partial charge in [-0.05, 0) is 44.0 Å². The van der Waals surface area contributed by atoms with Gasteiger partial charge < -0.3 is 10.1 Å². The number of pyridine rings is 1. The Bertz CT molecular complexity index is 1090. The Morgan fingerprint density at radius 3 is 2.53 bits per heavy atom. The lowest BCUT2D eigenvalue weighted by molar-refractivity contribution is -0.137. The third kappa shape index (κ3) is 3.87. The fraction of sp³-hybridized carbons (Fsp3) is 0.350. The first-order chi connectivity index (χ1) is 14.3.